The lowest BCUT2D eigenvalue weighted by Crippen LogP contribution is -2.18. The van der Waals surface area contributed by atoms with Gasteiger partial charge in [0.2, 0.25) is 0 Å². The minimum Gasteiger partial charge on any atom is -0.406 e. The summed E-state index contributed by atoms with van der Waals surface area (Å²) in [4.78, 5) is 22.1. The van der Waals surface area contributed by atoms with Crippen LogP contribution in [0.2, 0.25) is 0 Å². The van der Waals surface area contributed by atoms with Gasteiger partial charge in [0, 0.05) is 11.6 Å². The number of carbonyl (C=O) groups is 2. The monoisotopic (exact) mass is 307 g/mol. The lowest BCUT2D eigenvalue weighted by Gasteiger charge is -2.09. The second-order valence-electron chi connectivity index (χ2n) is 3.58. The Hall–Kier alpha value is -2.03. The van der Waals surface area contributed by atoms with Crippen LogP contribution in [0.1, 0.15) is 5.56 Å². The molecule has 0 bridgehead atoms. The molecular weight excluding hydrogens is 302 g/mol. The van der Waals surface area contributed by atoms with Gasteiger partial charge in [-0.1, -0.05) is 0 Å². The summed E-state index contributed by atoms with van der Waals surface area (Å²) in [5, 5.41) is 1.37. The third-order valence-electron chi connectivity index (χ3n) is 2.13. The highest BCUT2D eigenvalue weighted by molar-refractivity contribution is 8.18. The Labute approximate surface area is 113 Å². The van der Waals surface area contributed by atoms with Gasteiger partial charge in [-0.3, -0.25) is 14.9 Å². The molecule has 0 atom stereocenters. The van der Waals surface area contributed by atoms with E-state index in [0.717, 1.165) is 18.2 Å². The second-order valence-corrected chi connectivity index (χ2v) is 4.60. The number of amides is 2. The number of ether oxygens (including phenoxy) is 1. The highest BCUT2D eigenvalue weighted by Gasteiger charge is 2.31. The fourth-order valence-electron chi connectivity index (χ4n) is 1.38. The van der Waals surface area contributed by atoms with Crippen molar-refractivity contribution >= 4 is 29.0 Å². The fraction of sp³-hybridized carbons (Fsp3) is 0.0909. The molecule has 0 aromatic heterocycles. The zero-order chi connectivity index (χ0) is 14.9. The summed E-state index contributed by atoms with van der Waals surface area (Å²) in [5.41, 5.74) is -0.133. The van der Waals surface area contributed by atoms with Gasteiger partial charge in [0.15, 0.2) is 0 Å². The van der Waals surface area contributed by atoms with Crippen molar-refractivity contribution in [1.29, 1.82) is 0 Å². The highest BCUT2D eigenvalue weighted by atomic mass is 32.2. The van der Waals surface area contributed by atoms with Crippen molar-refractivity contribution in [3.63, 3.8) is 0 Å². The molecule has 4 nitrogen and oxygen atoms in total. The molecule has 0 spiro atoms. The van der Waals surface area contributed by atoms with Crippen LogP contribution in [0, 0.1) is 5.82 Å². The number of thioether (sulfide) groups is 1. The average molecular weight is 307 g/mol. The van der Waals surface area contributed by atoms with Crippen LogP contribution < -0.4 is 10.1 Å². The minimum absolute atomic E-state index is 0.0432. The molecule has 1 saturated heterocycles. The number of halogens is 4. The summed E-state index contributed by atoms with van der Waals surface area (Å²) in [6.45, 7) is 0. The fourth-order valence-corrected chi connectivity index (χ4v) is 2.06. The first-order valence-electron chi connectivity index (χ1n) is 5.05. The summed E-state index contributed by atoms with van der Waals surface area (Å²) in [6, 6.07) is 2.46. The summed E-state index contributed by atoms with van der Waals surface area (Å²) in [7, 11) is 0. The molecule has 1 fully saturated rings. The Balaban J connectivity index is 2.25. The molecule has 1 aliphatic rings. The smallest absolute Gasteiger partial charge is 0.406 e. The van der Waals surface area contributed by atoms with Crippen LogP contribution in [-0.4, -0.2) is 17.5 Å². The average Bonchev–Trinajstić information content (AvgIpc) is 2.59. The number of benzene rings is 1. The lowest BCUT2D eigenvalue weighted by atomic mass is 10.2. The van der Waals surface area contributed by atoms with Gasteiger partial charge in [-0.05, 0) is 30.0 Å². The number of nitrogens with one attached hydrogen (secondary N) is 1. The number of imide groups is 1. The third kappa shape index (κ3) is 3.50. The molecule has 9 heteroatoms. The maximum atomic E-state index is 13.6. The Kier molecular flexibility index (Phi) is 3.71. The van der Waals surface area contributed by atoms with E-state index in [-0.39, 0.29) is 10.5 Å². The Bertz CT molecular complexity index is 612. The van der Waals surface area contributed by atoms with Crippen molar-refractivity contribution in [1.82, 2.24) is 5.32 Å². The zero-order valence-corrected chi connectivity index (χ0v) is 10.3. The Morgan fingerprint density at radius 1 is 1.25 bits per heavy atom. The molecule has 0 saturated carbocycles. The zero-order valence-electron chi connectivity index (χ0n) is 9.45. The van der Waals surface area contributed by atoms with Crippen molar-refractivity contribution in [3.05, 3.63) is 34.5 Å². The van der Waals surface area contributed by atoms with Gasteiger partial charge in [-0.25, -0.2) is 4.39 Å². The van der Waals surface area contributed by atoms with E-state index < -0.39 is 29.1 Å². The van der Waals surface area contributed by atoms with Crippen LogP contribution in [0.5, 0.6) is 5.75 Å². The standard InChI is InChI=1S/C11H5F4NO3S/c12-7-4-6(19-11(13,14)15)2-1-5(7)3-8-9(17)16-10(18)20-8/h1-4H,(H,16,17,18)/b8-3-. The van der Waals surface area contributed by atoms with Gasteiger partial charge in [-0.2, -0.15) is 0 Å². The van der Waals surface area contributed by atoms with Crippen LogP contribution in [0.3, 0.4) is 0 Å². The van der Waals surface area contributed by atoms with Gasteiger partial charge in [-0.15, -0.1) is 13.2 Å². The number of hydrogen-bond acceptors (Lipinski definition) is 4. The topological polar surface area (TPSA) is 55.4 Å². The quantitative estimate of drug-likeness (QED) is 0.674. The van der Waals surface area contributed by atoms with Crippen molar-refractivity contribution in [3.8, 4) is 5.75 Å². The summed E-state index contributed by atoms with van der Waals surface area (Å²) >= 11 is 0.575. The van der Waals surface area contributed by atoms with Crippen LogP contribution in [0.25, 0.3) is 6.08 Å². The van der Waals surface area contributed by atoms with E-state index in [9.17, 15) is 27.2 Å². The molecule has 2 rings (SSSR count). The van der Waals surface area contributed by atoms with Gasteiger partial charge >= 0.3 is 6.36 Å². The Morgan fingerprint density at radius 3 is 2.45 bits per heavy atom. The van der Waals surface area contributed by atoms with E-state index in [2.05, 4.69) is 4.74 Å². The van der Waals surface area contributed by atoms with Crippen LogP contribution in [0.4, 0.5) is 22.4 Å². The first kappa shape index (κ1) is 14.4. The molecule has 20 heavy (non-hydrogen) atoms. The van der Waals surface area contributed by atoms with Gasteiger partial charge in [0.25, 0.3) is 11.1 Å². The summed E-state index contributed by atoms with van der Waals surface area (Å²) in [5.74, 6) is -2.40. The highest BCUT2D eigenvalue weighted by Crippen LogP contribution is 2.29. The molecule has 1 aromatic carbocycles. The number of rotatable bonds is 2. The molecule has 2 amide bonds. The molecule has 0 radical (unpaired) electrons. The molecule has 1 heterocycles. The van der Waals surface area contributed by atoms with Crippen molar-refractivity contribution in [2.24, 2.45) is 0 Å². The third-order valence-corrected chi connectivity index (χ3v) is 2.94. The number of alkyl halides is 3. The minimum atomic E-state index is -4.92. The SMILES string of the molecule is O=C1NC(=O)/C(=C/c2ccc(OC(F)(F)F)cc2F)S1. The second kappa shape index (κ2) is 5.16. The largest absolute Gasteiger partial charge is 0.573 e. The van der Waals surface area contributed by atoms with Crippen molar-refractivity contribution in [2.45, 2.75) is 6.36 Å². The first-order valence-corrected chi connectivity index (χ1v) is 5.86. The van der Waals surface area contributed by atoms with Crippen LogP contribution >= 0.6 is 11.8 Å². The predicted octanol–water partition coefficient (Wildman–Crippen LogP) is 3.05. The molecule has 1 N–H and O–H groups in total. The van der Waals surface area contributed by atoms with E-state index >= 15 is 0 Å². The molecule has 0 unspecified atom stereocenters. The van der Waals surface area contributed by atoms with E-state index in [1.807, 2.05) is 5.32 Å². The molecule has 1 aliphatic heterocycles. The normalized spacial score (nSPS) is 17.5. The summed E-state index contributed by atoms with van der Waals surface area (Å²) in [6.07, 6.45) is -3.85. The summed E-state index contributed by atoms with van der Waals surface area (Å²) < 4.78 is 53.0. The van der Waals surface area contributed by atoms with Gasteiger partial charge in [0.1, 0.15) is 11.6 Å². The first-order chi connectivity index (χ1) is 9.24. The van der Waals surface area contributed by atoms with Gasteiger partial charge in [0.05, 0.1) is 4.91 Å². The maximum absolute atomic E-state index is 13.6. The maximum Gasteiger partial charge on any atom is 0.573 e. The Morgan fingerprint density at radius 2 is 1.95 bits per heavy atom. The van der Waals surface area contributed by atoms with E-state index in [1.165, 1.54) is 0 Å². The predicted molar refractivity (Wildman–Crippen MR) is 62.2 cm³/mol. The lowest BCUT2D eigenvalue weighted by molar-refractivity contribution is -0.274. The van der Waals surface area contributed by atoms with E-state index in [4.69, 9.17) is 0 Å². The van der Waals surface area contributed by atoms with Gasteiger partial charge < -0.3 is 4.74 Å². The van der Waals surface area contributed by atoms with E-state index in [0.29, 0.717) is 17.8 Å². The molecule has 1 aromatic rings. The van der Waals surface area contributed by atoms with Crippen molar-refractivity contribution < 1.29 is 31.9 Å². The van der Waals surface area contributed by atoms with Crippen LogP contribution in [0.15, 0.2) is 23.1 Å². The van der Waals surface area contributed by atoms with Crippen molar-refractivity contribution in [2.75, 3.05) is 0 Å². The van der Waals surface area contributed by atoms with E-state index in [1.54, 1.807) is 0 Å². The number of carbonyl (C=O) groups excluding carboxylic acids is 2. The molecule has 106 valence electrons. The molecule has 0 aliphatic carbocycles. The van der Waals surface area contributed by atoms with Crippen LogP contribution in [-0.2, 0) is 4.79 Å². The molecular formula is C11H5F4NO3S. The number of hydrogen-bond donors (Lipinski definition) is 1.